The zero-order valence-corrected chi connectivity index (χ0v) is 12.0. The summed E-state index contributed by atoms with van der Waals surface area (Å²) in [7, 11) is 0. The van der Waals surface area contributed by atoms with Crippen LogP contribution < -0.4 is 26.5 Å². The van der Waals surface area contributed by atoms with Crippen LogP contribution in [0.15, 0.2) is 34.9 Å². The molecule has 1 aromatic carbocycles. The second-order valence-corrected chi connectivity index (χ2v) is 7.34. The normalized spacial score (nSPS) is 17.9. The van der Waals surface area contributed by atoms with E-state index in [2.05, 4.69) is 10.5 Å². The summed E-state index contributed by atoms with van der Waals surface area (Å²) in [6, 6.07) is 9.64. The van der Waals surface area contributed by atoms with Crippen LogP contribution in [0.2, 0.25) is 0 Å². The van der Waals surface area contributed by atoms with Crippen LogP contribution in [-0.2, 0) is 0 Å². The van der Waals surface area contributed by atoms with Crippen molar-refractivity contribution in [3.05, 3.63) is 41.7 Å². The van der Waals surface area contributed by atoms with Crippen molar-refractivity contribution in [2.24, 2.45) is 0 Å². The number of alkyl halides is 2. The fourth-order valence-electron chi connectivity index (χ4n) is 1.77. The Hall–Kier alpha value is -1.37. The first-order valence-electron chi connectivity index (χ1n) is 5.66. The SMILES string of the molecule is Cc1onc(-c2ccccc2)c1C(=O)NC1C[I-]1. The van der Waals surface area contributed by atoms with Gasteiger partial charge in [-0.1, -0.05) is 0 Å². The number of hydrogen-bond acceptors (Lipinski definition) is 3. The Morgan fingerprint density at radius 2 is 2.17 bits per heavy atom. The van der Waals surface area contributed by atoms with Gasteiger partial charge in [-0.2, -0.15) is 0 Å². The molecule has 1 atom stereocenters. The Kier molecular flexibility index (Phi) is 3.07. The molecular weight excluding hydrogens is 343 g/mol. The number of nitrogens with zero attached hydrogens (tertiary/aromatic N) is 1. The van der Waals surface area contributed by atoms with Gasteiger partial charge >= 0.3 is 115 Å². The molecule has 1 aromatic heterocycles. The number of aromatic nitrogens is 1. The van der Waals surface area contributed by atoms with Crippen molar-refractivity contribution in [3.63, 3.8) is 0 Å². The Balaban J connectivity index is 1.98. The van der Waals surface area contributed by atoms with Crippen molar-refractivity contribution < 1.29 is 30.5 Å². The maximum atomic E-state index is 12.2. The Morgan fingerprint density at radius 1 is 1.44 bits per heavy atom. The molecule has 0 aliphatic carbocycles. The molecule has 1 N–H and O–H groups in total. The molecule has 0 spiro atoms. The van der Waals surface area contributed by atoms with Gasteiger partial charge in [0, 0.05) is 0 Å². The fourth-order valence-corrected chi connectivity index (χ4v) is 2.75. The molecule has 2 aromatic rings. The van der Waals surface area contributed by atoms with Gasteiger partial charge in [0.15, 0.2) is 0 Å². The molecule has 1 saturated heterocycles. The first-order valence-corrected chi connectivity index (χ1v) is 8.43. The summed E-state index contributed by atoms with van der Waals surface area (Å²) < 4.78 is 6.79. The van der Waals surface area contributed by atoms with E-state index < -0.39 is 0 Å². The van der Waals surface area contributed by atoms with E-state index in [1.165, 1.54) is 4.43 Å². The van der Waals surface area contributed by atoms with E-state index in [1.54, 1.807) is 6.92 Å². The summed E-state index contributed by atoms with van der Waals surface area (Å²) in [6.45, 7) is 1.77. The van der Waals surface area contributed by atoms with Crippen molar-refractivity contribution in [2.45, 2.75) is 11.0 Å². The van der Waals surface area contributed by atoms with Gasteiger partial charge < -0.3 is 0 Å². The second kappa shape index (κ2) is 4.72. The van der Waals surface area contributed by atoms with Crippen LogP contribution in [0.1, 0.15) is 16.1 Å². The standard InChI is InChI=1S/C13H12IN2O2/c1-8-11(13(17)15-10-7-14-10)12(16-18-8)9-5-3-2-4-6-9/h2-6,10H,7H2,1H3,(H,15,17)/q-1. The molecule has 0 bridgehead atoms. The van der Waals surface area contributed by atoms with Crippen LogP contribution in [-0.4, -0.2) is 19.5 Å². The zero-order valence-electron chi connectivity index (χ0n) is 9.81. The predicted octanol–water partition coefficient (Wildman–Crippen LogP) is -1.19. The third kappa shape index (κ3) is 2.27. The Morgan fingerprint density at radius 3 is 2.83 bits per heavy atom. The van der Waals surface area contributed by atoms with Crippen molar-refractivity contribution in [2.75, 3.05) is 4.43 Å². The maximum absolute atomic E-state index is 12.2. The molecule has 0 radical (unpaired) electrons. The average molecular weight is 355 g/mol. The number of halogens is 1. The zero-order chi connectivity index (χ0) is 12.5. The second-order valence-electron chi connectivity index (χ2n) is 4.08. The predicted molar refractivity (Wildman–Crippen MR) is 62.8 cm³/mol. The van der Waals surface area contributed by atoms with Gasteiger partial charge in [-0.25, -0.2) is 0 Å². The van der Waals surface area contributed by atoms with E-state index in [0.717, 1.165) is 5.56 Å². The third-order valence-corrected chi connectivity index (χ3v) is 4.81. The molecule has 2 heterocycles. The molecule has 18 heavy (non-hydrogen) atoms. The molecule has 5 heteroatoms. The van der Waals surface area contributed by atoms with Crippen LogP contribution in [0.5, 0.6) is 0 Å². The summed E-state index contributed by atoms with van der Waals surface area (Å²) >= 11 is 0.205. The molecule has 1 aliphatic rings. The van der Waals surface area contributed by atoms with Gasteiger partial charge in [-0.15, -0.1) is 0 Å². The number of amides is 1. The molecule has 1 aliphatic heterocycles. The van der Waals surface area contributed by atoms with Gasteiger partial charge in [0.1, 0.15) is 0 Å². The number of benzene rings is 1. The fraction of sp³-hybridized carbons (Fsp3) is 0.231. The first kappa shape index (κ1) is 11.7. The molecule has 4 nitrogen and oxygen atoms in total. The van der Waals surface area contributed by atoms with E-state index in [1.807, 2.05) is 30.3 Å². The van der Waals surface area contributed by atoms with Crippen LogP contribution in [0.4, 0.5) is 0 Å². The quantitative estimate of drug-likeness (QED) is 0.428. The summed E-state index contributed by atoms with van der Waals surface area (Å²) in [5, 5.41) is 7.03. The van der Waals surface area contributed by atoms with Crippen molar-refractivity contribution in [1.82, 2.24) is 10.5 Å². The van der Waals surface area contributed by atoms with Gasteiger partial charge in [-0.3, -0.25) is 0 Å². The van der Waals surface area contributed by atoms with Crippen LogP contribution >= 0.6 is 0 Å². The van der Waals surface area contributed by atoms with Crippen molar-refractivity contribution >= 4 is 5.91 Å². The number of carbonyl (C=O) groups is 1. The number of hydrogen-bond donors (Lipinski definition) is 1. The summed E-state index contributed by atoms with van der Waals surface area (Å²) in [6.07, 6.45) is 0. The molecule has 3 rings (SSSR count). The summed E-state index contributed by atoms with van der Waals surface area (Å²) in [5.41, 5.74) is 2.10. The number of carbonyl (C=O) groups excluding carboxylic acids is 1. The summed E-state index contributed by atoms with van der Waals surface area (Å²) in [4.78, 5) is 12.2. The molecule has 1 unspecified atom stereocenters. The van der Waals surface area contributed by atoms with E-state index >= 15 is 0 Å². The van der Waals surface area contributed by atoms with Crippen LogP contribution in [0.3, 0.4) is 0 Å². The molecule has 1 amide bonds. The van der Waals surface area contributed by atoms with E-state index in [9.17, 15) is 4.79 Å². The number of nitrogens with one attached hydrogen (secondary N) is 1. The average Bonchev–Trinajstić information content (AvgIpc) is 3.10. The molecular formula is C13H12IN2O2-. The summed E-state index contributed by atoms with van der Waals surface area (Å²) in [5.74, 6) is 0.514. The van der Waals surface area contributed by atoms with Gasteiger partial charge in [0.25, 0.3) is 0 Å². The Labute approximate surface area is 115 Å². The van der Waals surface area contributed by atoms with E-state index in [-0.39, 0.29) is 27.1 Å². The van der Waals surface area contributed by atoms with E-state index in [4.69, 9.17) is 4.52 Å². The first-order chi connectivity index (χ1) is 8.75. The van der Waals surface area contributed by atoms with Crippen LogP contribution in [0, 0.1) is 6.92 Å². The van der Waals surface area contributed by atoms with E-state index in [0.29, 0.717) is 21.1 Å². The molecule has 94 valence electrons. The molecule has 1 fully saturated rings. The minimum absolute atomic E-state index is 0.0604. The van der Waals surface area contributed by atoms with Gasteiger partial charge in [0.05, 0.1) is 0 Å². The monoisotopic (exact) mass is 355 g/mol. The Bertz CT molecular complexity index is 576. The number of aryl methyl sites for hydroxylation is 1. The van der Waals surface area contributed by atoms with Crippen LogP contribution in [0.25, 0.3) is 11.3 Å². The van der Waals surface area contributed by atoms with Gasteiger partial charge in [0.2, 0.25) is 0 Å². The third-order valence-electron chi connectivity index (χ3n) is 2.73. The molecule has 0 saturated carbocycles. The minimum atomic E-state index is -0.0604. The number of rotatable bonds is 3. The van der Waals surface area contributed by atoms with Gasteiger partial charge in [-0.05, 0) is 0 Å². The van der Waals surface area contributed by atoms with Crippen molar-refractivity contribution in [3.8, 4) is 11.3 Å². The van der Waals surface area contributed by atoms with Crippen molar-refractivity contribution in [1.29, 1.82) is 0 Å². The topological polar surface area (TPSA) is 55.1 Å².